The Hall–Kier alpha value is 0.439. The SMILES string of the molecule is [CH2-]OC.[CH2-]OC.[Fe+2]. The van der Waals surface area contributed by atoms with Crippen molar-refractivity contribution < 1.29 is 26.5 Å². The molecule has 46 valence electrons. The van der Waals surface area contributed by atoms with Gasteiger partial charge in [-0.2, -0.15) is 0 Å². The summed E-state index contributed by atoms with van der Waals surface area (Å²) in [5.74, 6) is 0. The van der Waals surface area contributed by atoms with Gasteiger partial charge in [-0.1, -0.05) is 0 Å². The molecule has 0 aromatic carbocycles. The predicted octanol–water partition coefficient (Wildman–Crippen LogP) is 0.846. The molecule has 0 bridgehead atoms. The molecule has 0 aliphatic heterocycles. The summed E-state index contributed by atoms with van der Waals surface area (Å²) in [6, 6.07) is 0. The maximum atomic E-state index is 4.00. The van der Waals surface area contributed by atoms with Crippen molar-refractivity contribution in [2.24, 2.45) is 0 Å². The summed E-state index contributed by atoms with van der Waals surface area (Å²) in [5.41, 5.74) is 0. The van der Waals surface area contributed by atoms with Gasteiger partial charge in [-0.15, -0.1) is 0 Å². The summed E-state index contributed by atoms with van der Waals surface area (Å²) in [4.78, 5) is 0. The number of ether oxygens (including phenoxy) is 2. The van der Waals surface area contributed by atoms with Crippen LogP contribution in [-0.2, 0) is 26.5 Å². The Morgan fingerprint density at radius 2 is 1.00 bits per heavy atom. The fraction of sp³-hybridized carbons (Fsp3) is 0.500. The molecule has 2 nitrogen and oxygen atoms in total. The molecular weight excluding hydrogens is 136 g/mol. The van der Waals surface area contributed by atoms with E-state index in [2.05, 4.69) is 23.7 Å². The first kappa shape index (κ1) is 15.7. The van der Waals surface area contributed by atoms with Crippen LogP contribution in [0.2, 0.25) is 0 Å². The molecule has 0 atom stereocenters. The van der Waals surface area contributed by atoms with E-state index in [-0.39, 0.29) is 17.1 Å². The van der Waals surface area contributed by atoms with E-state index in [1.54, 1.807) is 0 Å². The normalized spacial score (nSPS) is 5.14. The van der Waals surface area contributed by atoms with Crippen molar-refractivity contribution in [3.63, 3.8) is 0 Å². The van der Waals surface area contributed by atoms with E-state index in [1.807, 2.05) is 0 Å². The Labute approximate surface area is 55.7 Å². The van der Waals surface area contributed by atoms with E-state index in [0.29, 0.717) is 0 Å². The van der Waals surface area contributed by atoms with Gasteiger partial charge in [-0.05, 0) is 14.2 Å². The number of hydrogen-bond acceptors (Lipinski definition) is 2. The van der Waals surface area contributed by atoms with Crippen LogP contribution in [0.1, 0.15) is 0 Å². The molecule has 0 rings (SSSR count). The Kier molecular flexibility index (Phi) is 71.6. The van der Waals surface area contributed by atoms with Gasteiger partial charge in [0.2, 0.25) is 0 Å². The minimum absolute atomic E-state index is 0. The molecule has 0 N–H and O–H groups in total. The van der Waals surface area contributed by atoms with E-state index >= 15 is 0 Å². The molecule has 0 aromatic heterocycles. The van der Waals surface area contributed by atoms with Crippen molar-refractivity contribution in [1.82, 2.24) is 0 Å². The standard InChI is InChI=1S/2C2H5O.Fe/c2*1-3-2;/h2*1H2,2H3;/q2*-1;+2. The summed E-state index contributed by atoms with van der Waals surface area (Å²) >= 11 is 0. The van der Waals surface area contributed by atoms with Gasteiger partial charge in [0.05, 0.1) is 0 Å². The Bertz CT molecular complexity index is 11.7. The van der Waals surface area contributed by atoms with Crippen LogP contribution < -0.4 is 0 Å². The average Bonchev–Trinajstić information content (AvgIpc) is 1.39. The molecule has 0 spiro atoms. The van der Waals surface area contributed by atoms with Crippen molar-refractivity contribution in [2.45, 2.75) is 0 Å². The molecule has 0 saturated heterocycles. The third-order valence-corrected chi connectivity index (χ3v) is 0. The van der Waals surface area contributed by atoms with Crippen LogP contribution in [0, 0.1) is 14.2 Å². The van der Waals surface area contributed by atoms with E-state index in [4.69, 9.17) is 0 Å². The molecule has 0 aliphatic rings. The van der Waals surface area contributed by atoms with Crippen molar-refractivity contribution in [3.05, 3.63) is 14.2 Å². The summed E-state index contributed by atoms with van der Waals surface area (Å²) in [6.07, 6.45) is 0. The van der Waals surface area contributed by atoms with Gasteiger partial charge >= 0.3 is 17.1 Å². The summed E-state index contributed by atoms with van der Waals surface area (Å²) < 4.78 is 8.00. The quantitative estimate of drug-likeness (QED) is 0.372. The van der Waals surface area contributed by atoms with Crippen LogP contribution in [0.4, 0.5) is 0 Å². The Morgan fingerprint density at radius 1 is 1.00 bits per heavy atom. The average molecular weight is 146 g/mol. The van der Waals surface area contributed by atoms with E-state index < -0.39 is 0 Å². The molecule has 0 saturated carbocycles. The van der Waals surface area contributed by atoms with E-state index in [1.165, 1.54) is 14.2 Å². The van der Waals surface area contributed by atoms with Gasteiger partial charge in [0.1, 0.15) is 0 Å². The van der Waals surface area contributed by atoms with Crippen LogP contribution in [0.15, 0.2) is 0 Å². The first-order valence-electron chi connectivity index (χ1n) is 1.39. The molecular formula is C4H10FeO2. The van der Waals surface area contributed by atoms with Crippen LogP contribution in [-0.4, -0.2) is 14.2 Å². The summed E-state index contributed by atoms with van der Waals surface area (Å²) in [5, 5.41) is 0. The Balaban J connectivity index is -0.0000000400. The number of rotatable bonds is 0. The second-order valence-corrected chi connectivity index (χ2v) is 0.577. The second-order valence-electron chi connectivity index (χ2n) is 0.577. The van der Waals surface area contributed by atoms with Crippen molar-refractivity contribution in [1.29, 1.82) is 0 Å². The molecule has 7 heavy (non-hydrogen) atoms. The van der Waals surface area contributed by atoms with E-state index in [0.717, 1.165) is 0 Å². The predicted molar refractivity (Wildman–Crippen MR) is 24.7 cm³/mol. The summed E-state index contributed by atoms with van der Waals surface area (Å²) in [7, 11) is 9.00. The zero-order chi connectivity index (χ0) is 5.41. The van der Waals surface area contributed by atoms with Gasteiger partial charge in [-0.25, -0.2) is 14.2 Å². The third kappa shape index (κ3) is 657. The third-order valence-electron chi connectivity index (χ3n) is 0. The van der Waals surface area contributed by atoms with E-state index in [9.17, 15) is 0 Å². The summed E-state index contributed by atoms with van der Waals surface area (Å²) in [6.45, 7) is 0. The molecule has 0 unspecified atom stereocenters. The van der Waals surface area contributed by atoms with Gasteiger partial charge in [0, 0.05) is 0 Å². The first-order valence-corrected chi connectivity index (χ1v) is 1.39. The van der Waals surface area contributed by atoms with Crippen molar-refractivity contribution in [2.75, 3.05) is 14.2 Å². The monoisotopic (exact) mass is 146 g/mol. The number of hydrogen-bond donors (Lipinski definition) is 0. The molecule has 3 heteroatoms. The molecule has 0 fully saturated rings. The molecule has 0 heterocycles. The molecule has 0 radical (unpaired) electrons. The van der Waals surface area contributed by atoms with Gasteiger partial charge in [-0.3, -0.25) is 0 Å². The van der Waals surface area contributed by atoms with Crippen LogP contribution in [0.3, 0.4) is 0 Å². The fourth-order valence-electron chi connectivity index (χ4n) is 0. The zero-order valence-corrected chi connectivity index (χ0v) is 5.69. The maximum absolute atomic E-state index is 4.00. The van der Waals surface area contributed by atoms with Gasteiger partial charge in [0.15, 0.2) is 0 Å². The second kappa shape index (κ2) is 32.0. The van der Waals surface area contributed by atoms with Crippen molar-refractivity contribution >= 4 is 0 Å². The minimum Gasteiger partial charge on any atom is -0.557 e. The zero-order valence-electron chi connectivity index (χ0n) is 4.58. The fourth-order valence-corrected chi connectivity index (χ4v) is 0. The molecule has 0 aliphatic carbocycles. The van der Waals surface area contributed by atoms with Crippen LogP contribution in [0.5, 0.6) is 0 Å². The van der Waals surface area contributed by atoms with Crippen LogP contribution in [0.25, 0.3) is 0 Å². The number of methoxy groups -OCH3 is 2. The van der Waals surface area contributed by atoms with Gasteiger partial charge < -0.3 is 9.47 Å². The minimum atomic E-state index is 0. The topological polar surface area (TPSA) is 18.5 Å². The largest absolute Gasteiger partial charge is 2.00 e. The van der Waals surface area contributed by atoms with Gasteiger partial charge in [0.25, 0.3) is 0 Å². The Morgan fingerprint density at radius 3 is 1.00 bits per heavy atom. The molecule has 0 aromatic rings. The van der Waals surface area contributed by atoms with Crippen LogP contribution >= 0.6 is 0 Å². The first-order chi connectivity index (χ1) is 2.83. The van der Waals surface area contributed by atoms with Crippen molar-refractivity contribution in [3.8, 4) is 0 Å². The maximum Gasteiger partial charge on any atom is 2.00 e. The smallest absolute Gasteiger partial charge is 0.557 e. The molecule has 0 amide bonds.